The molecule has 0 saturated heterocycles. The first-order valence-electron chi connectivity index (χ1n) is 6.63. The van der Waals surface area contributed by atoms with Gasteiger partial charge < -0.3 is 9.84 Å². The first-order valence-corrected chi connectivity index (χ1v) is 6.63. The molecule has 2 rings (SSSR count). The van der Waals surface area contributed by atoms with Gasteiger partial charge in [-0.05, 0) is 31.5 Å². The molecular formula is C15H19FO3. The highest BCUT2D eigenvalue weighted by atomic mass is 19.1. The summed E-state index contributed by atoms with van der Waals surface area (Å²) >= 11 is 0. The van der Waals surface area contributed by atoms with Crippen molar-refractivity contribution < 1.29 is 19.0 Å². The maximum absolute atomic E-state index is 13.1. The molecule has 1 aliphatic heterocycles. The first-order chi connectivity index (χ1) is 8.94. The van der Waals surface area contributed by atoms with Crippen LogP contribution in [0.3, 0.4) is 0 Å². The van der Waals surface area contributed by atoms with Crippen LogP contribution in [0.25, 0.3) is 0 Å². The Morgan fingerprint density at radius 2 is 2.32 bits per heavy atom. The second kappa shape index (κ2) is 5.19. The Hall–Kier alpha value is -1.58. The second-order valence-corrected chi connectivity index (χ2v) is 5.52. The highest BCUT2D eigenvalue weighted by Crippen LogP contribution is 2.37. The van der Waals surface area contributed by atoms with Gasteiger partial charge in [0.1, 0.15) is 17.7 Å². The third-order valence-corrected chi connectivity index (χ3v) is 3.76. The lowest BCUT2D eigenvalue weighted by Gasteiger charge is -2.27. The Balaban J connectivity index is 2.08. The fourth-order valence-corrected chi connectivity index (χ4v) is 2.75. The second-order valence-electron chi connectivity index (χ2n) is 5.52. The van der Waals surface area contributed by atoms with Crippen molar-refractivity contribution in [3.63, 3.8) is 0 Å². The molecule has 1 heterocycles. The molecule has 1 aromatic carbocycles. The summed E-state index contributed by atoms with van der Waals surface area (Å²) in [6.07, 6.45) is 2.29. The van der Waals surface area contributed by atoms with Gasteiger partial charge in [0.25, 0.3) is 0 Å². The van der Waals surface area contributed by atoms with E-state index in [1.54, 1.807) is 13.0 Å². The number of hydrogen-bond acceptors (Lipinski definition) is 2. The number of benzene rings is 1. The first kappa shape index (κ1) is 13.8. The standard InChI is InChI=1S/C15H19FO3/c1-3-6-15(2,14(17)18)9-12-8-10-7-11(16)4-5-13(10)19-12/h4-5,7,12H,3,6,8-9H2,1-2H3,(H,17,18). The van der Waals surface area contributed by atoms with Crippen LogP contribution in [0.5, 0.6) is 5.75 Å². The Morgan fingerprint density at radius 3 is 2.95 bits per heavy atom. The van der Waals surface area contributed by atoms with Crippen molar-refractivity contribution in [1.29, 1.82) is 0 Å². The van der Waals surface area contributed by atoms with Crippen molar-refractivity contribution in [2.75, 3.05) is 0 Å². The molecule has 2 atom stereocenters. The molecule has 0 amide bonds. The molecule has 0 aromatic heterocycles. The Kier molecular flexibility index (Phi) is 3.78. The lowest BCUT2D eigenvalue weighted by Crippen LogP contribution is -2.33. The Bertz CT molecular complexity index is 486. The topological polar surface area (TPSA) is 46.5 Å². The summed E-state index contributed by atoms with van der Waals surface area (Å²) in [5, 5.41) is 9.37. The maximum atomic E-state index is 13.1. The number of halogens is 1. The van der Waals surface area contributed by atoms with E-state index in [-0.39, 0.29) is 11.9 Å². The average Bonchev–Trinajstić information content (AvgIpc) is 2.70. The van der Waals surface area contributed by atoms with E-state index in [1.165, 1.54) is 12.1 Å². The van der Waals surface area contributed by atoms with Crippen molar-refractivity contribution in [1.82, 2.24) is 0 Å². The van der Waals surface area contributed by atoms with E-state index < -0.39 is 11.4 Å². The lowest BCUT2D eigenvalue weighted by atomic mass is 9.80. The van der Waals surface area contributed by atoms with Gasteiger partial charge in [0.15, 0.2) is 0 Å². The summed E-state index contributed by atoms with van der Waals surface area (Å²) in [5.41, 5.74) is 0.0502. The van der Waals surface area contributed by atoms with E-state index in [2.05, 4.69) is 0 Å². The van der Waals surface area contributed by atoms with Crippen molar-refractivity contribution in [3.05, 3.63) is 29.6 Å². The van der Waals surface area contributed by atoms with Gasteiger partial charge in [-0.2, -0.15) is 0 Å². The van der Waals surface area contributed by atoms with Crippen LogP contribution >= 0.6 is 0 Å². The van der Waals surface area contributed by atoms with Crippen LogP contribution in [-0.4, -0.2) is 17.2 Å². The molecule has 104 valence electrons. The van der Waals surface area contributed by atoms with Gasteiger partial charge in [0.2, 0.25) is 0 Å². The van der Waals surface area contributed by atoms with Crippen molar-refractivity contribution in [3.8, 4) is 5.75 Å². The van der Waals surface area contributed by atoms with Gasteiger partial charge in [-0.3, -0.25) is 4.79 Å². The number of carbonyl (C=O) groups is 1. The van der Waals surface area contributed by atoms with Crippen LogP contribution in [0.2, 0.25) is 0 Å². The molecular weight excluding hydrogens is 247 g/mol. The van der Waals surface area contributed by atoms with Crippen LogP contribution in [0.1, 0.15) is 38.7 Å². The highest BCUT2D eigenvalue weighted by Gasteiger charge is 2.37. The molecule has 0 radical (unpaired) electrons. The molecule has 1 N–H and O–H groups in total. The van der Waals surface area contributed by atoms with E-state index in [4.69, 9.17) is 4.74 Å². The third-order valence-electron chi connectivity index (χ3n) is 3.76. The number of carboxylic acid groups (broad SMARTS) is 1. The summed E-state index contributed by atoms with van der Waals surface area (Å²) < 4.78 is 18.9. The largest absolute Gasteiger partial charge is 0.490 e. The molecule has 4 heteroatoms. The molecule has 0 saturated carbocycles. The van der Waals surface area contributed by atoms with Crippen LogP contribution in [0, 0.1) is 11.2 Å². The minimum atomic E-state index is -0.792. The van der Waals surface area contributed by atoms with E-state index in [0.29, 0.717) is 25.0 Å². The van der Waals surface area contributed by atoms with Crippen LogP contribution in [0.4, 0.5) is 4.39 Å². The molecule has 1 aliphatic rings. The van der Waals surface area contributed by atoms with Crippen molar-refractivity contribution >= 4 is 5.97 Å². The molecule has 19 heavy (non-hydrogen) atoms. The average molecular weight is 266 g/mol. The highest BCUT2D eigenvalue weighted by molar-refractivity contribution is 5.74. The zero-order chi connectivity index (χ0) is 14.0. The normalized spacial score (nSPS) is 20.5. The molecule has 2 unspecified atom stereocenters. The van der Waals surface area contributed by atoms with Crippen molar-refractivity contribution in [2.24, 2.45) is 5.41 Å². The smallest absolute Gasteiger partial charge is 0.309 e. The van der Waals surface area contributed by atoms with E-state index in [1.807, 2.05) is 6.92 Å². The molecule has 1 aromatic rings. The van der Waals surface area contributed by atoms with E-state index >= 15 is 0 Å². The predicted molar refractivity (Wildman–Crippen MR) is 69.8 cm³/mol. The maximum Gasteiger partial charge on any atom is 0.309 e. The van der Waals surface area contributed by atoms with Crippen LogP contribution in [-0.2, 0) is 11.2 Å². The monoisotopic (exact) mass is 266 g/mol. The minimum absolute atomic E-state index is 0.176. The lowest BCUT2D eigenvalue weighted by molar-refractivity contribution is -0.150. The molecule has 0 aliphatic carbocycles. The zero-order valence-corrected chi connectivity index (χ0v) is 11.3. The van der Waals surface area contributed by atoms with Gasteiger partial charge in [-0.1, -0.05) is 13.3 Å². The van der Waals surface area contributed by atoms with Gasteiger partial charge in [0, 0.05) is 18.4 Å². The summed E-state index contributed by atoms with van der Waals surface area (Å²) in [5.74, 6) is -0.395. The SMILES string of the molecule is CCCC(C)(CC1Cc2cc(F)ccc2O1)C(=O)O. The summed E-state index contributed by atoms with van der Waals surface area (Å²) in [4.78, 5) is 11.4. The molecule has 0 bridgehead atoms. The number of aliphatic carboxylic acids is 1. The van der Waals surface area contributed by atoms with Crippen LogP contribution in [0.15, 0.2) is 18.2 Å². The Morgan fingerprint density at radius 1 is 1.58 bits per heavy atom. The molecule has 0 fully saturated rings. The number of hydrogen-bond donors (Lipinski definition) is 1. The number of carboxylic acids is 1. The van der Waals surface area contributed by atoms with E-state index in [0.717, 1.165) is 12.0 Å². The van der Waals surface area contributed by atoms with Crippen molar-refractivity contribution in [2.45, 2.75) is 45.6 Å². The number of rotatable bonds is 5. The summed E-state index contributed by atoms with van der Waals surface area (Å²) in [6, 6.07) is 4.44. The fraction of sp³-hybridized carbons (Fsp3) is 0.533. The quantitative estimate of drug-likeness (QED) is 0.888. The van der Waals surface area contributed by atoms with Crippen LogP contribution < -0.4 is 4.74 Å². The number of fused-ring (bicyclic) bond motifs is 1. The zero-order valence-electron chi connectivity index (χ0n) is 11.3. The number of ether oxygens (including phenoxy) is 1. The van der Waals surface area contributed by atoms with Gasteiger partial charge in [-0.25, -0.2) is 4.39 Å². The third kappa shape index (κ3) is 2.88. The molecule has 3 nitrogen and oxygen atoms in total. The van der Waals surface area contributed by atoms with Gasteiger partial charge in [-0.15, -0.1) is 0 Å². The van der Waals surface area contributed by atoms with Gasteiger partial charge >= 0.3 is 5.97 Å². The predicted octanol–water partition coefficient (Wildman–Crippen LogP) is 3.41. The minimum Gasteiger partial charge on any atom is -0.490 e. The van der Waals surface area contributed by atoms with E-state index in [9.17, 15) is 14.3 Å². The van der Waals surface area contributed by atoms with Gasteiger partial charge in [0.05, 0.1) is 5.41 Å². The Labute approximate surface area is 112 Å². The summed E-state index contributed by atoms with van der Waals surface area (Å²) in [7, 11) is 0. The fourth-order valence-electron chi connectivity index (χ4n) is 2.75. The summed E-state index contributed by atoms with van der Waals surface area (Å²) in [6.45, 7) is 3.73. The molecule has 0 spiro atoms.